The zero-order valence-corrected chi connectivity index (χ0v) is 10.5. The van der Waals surface area contributed by atoms with E-state index in [1.807, 2.05) is 42.5 Å². The molecule has 1 aromatic heterocycles. The van der Waals surface area contributed by atoms with Crippen LogP contribution in [0.4, 0.5) is 0 Å². The number of nitrogens with zero attached hydrogens (tertiary/aromatic N) is 1. The molecule has 1 aromatic carbocycles. The minimum Gasteiger partial charge on any atom is -0.381 e. The lowest BCUT2D eigenvalue weighted by atomic mass is 9.85. The molecule has 2 nitrogen and oxygen atoms in total. The predicted octanol–water partition coefficient (Wildman–Crippen LogP) is 3.31. The molecule has 3 rings (SSSR count). The molecule has 19 heavy (non-hydrogen) atoms. The first kappa shape index (κ1) is 11.9. The third-order valence-corrected chi connectivity index (χ3v) is 3.44. The number of aliphatic hydroxyl groups is 1. The molecule has 0 aliphatic heterocycles. The van der Waals surface area contributed by atoms with E-state index in [4.69, 9.17) is 0 Å². The number of allylic oxidation sites excluding steroid dienone is 2. The fourth-order valence-electron chi connectivity index (χ4n) is 2.31. The molecule has 1 heterocycles. The summed E-state index contributed by atoms with van der Waals surface area (Å²) in [6.45, 7) is 0. The van der Waals surface area contributed by atoms with E-state index in [0.717, 1.165) is 11.1 Å². The molecule has 1 aliphatic rings. The SMILES string of the molecule is OC1(c2cccnc2)C=CC(c2ccccc2)=CC1. The summed E-state index contributed by atoms with van der Waals surface area (Å²) in [4.78, 5) is 4.07. The number of benzene rings is 1. The number of rotatable bonds is 2. The summed E-state index contributed by atoms with van der Waals surface area (Å²) in [5.41, 5.74) is 2.21. The first-order valence-electron chi connectivity index (χ1n) is 6.36. The van der Waals surface area contributed by atoms with Crippen molar-refractivity contribution < 1.29 is 5.11 Å². The Balaban J connectivity index is 1.87. The number of hydrogen-bond donors (Lipinski definition) is 1. The molecule has 1 unspecified atom stereocenters. The van der Waals surface area contributed by atoms with E-state index in [-0.39, 0.29) is 0 Å². The van der Waals surface area contributed by atoms with Crippen molar-refractivity contribution in [2.75, 3.05) is 0 Å². The van der Waals surface area contributed by atoms with Crippen LogP contribution in [0.1, 0.15) is 17.5 Å². The van der Waals surface area contributed by atoms with Gasteiger partial charge in [-0.15, -0.1) is 0 Å². The van der Waals surface area contributed by atoms with Gasteiger partial charge in [0, 0.05) is 24.4 Å². The quantitative estimate of drug-likeness (QED) is 0.885. The highest BCUT2D eigenvalue weighted by atomic mass is 16.3. The Morgan fingerprint density at radius 2 is 1.89 bits per heavy atom. The lowest BCUT2D eigenvalue weighted by molar-refractivity contribution is 0.0916. The van der Waals surface area contributed by atoms with Crippen molar-refractivity contribution in [3.05, 3.63) is 84.2 Å². The molecule has 1 atom stereocenters. The van der Waals surface area contributed by atoms with Crippen molar-refractivity contribution in [2.45, 2.75) is 12.0 Å². The first-order valence-corrected chi connectivity index (χ1v) is 6.36. The van der Waals surface area contributed by atoms with Crippen LogP contribution in [0.15, 0.2) is 73.1 Å². The largest absolute Gasteiger partial charge is 0.381 e. The van der Waals surface area contributed by atoms with Crippen molar-refractivity contribution in [2.24, 2.45) is 0 Å². The Kier molecular flexibility index (Phi) is 3.02. The molecule has 1 N–H and O–H groups in total. The zero-order chi connectivity index (χ0) is 13.1. The van der Waals surface area contributed by atoms with Crippen molar-refractivity contribution in [1.29, 1.82) is 0 Å². The summed E-state index contributed by atoms with van der Waals surface area (Å²) in [6, 6.07) is 13.9. The Hall–Kier alpha value is -2.19. The van der Waals surface area contributed by atoms with Gasteiger partial charge in [-0.2, -0.15) is 0 Å². The maximum atomic E-state index is 10.6. The molecule has 2 aromatic rings. The second-order valence-electron chi connectivity index (χ2n) is 4.73. The average molecular weight is 249 g/mol. The molecule has 0 spiro atoms. The normalized spacial score (nSPS) is 22.1. The van der Waals surface area contributed by atoms with Crippen LogP contribution >= 0.6 is 0 Å². The van der Waals surface area contributed by atoms with Crippen molar-refractivity contribution in [1.82, 2.24) is 4.98 Å². The van der Waals surface area contributed by atoms with E-state index in [9.17, 15) is 5.11 Å². The smallest absolute Gasteiger partial charge is 0.113 e. The first-order chi connectivity index (χ1) is 9.28. The summed E-state index contributed by atoms with van der Waals surface area (Å²) >= 11 is 0. The summed E-state index contributed by atoms with van der Waals surface area (Å²) in [5.74, 6) is 0. The lowest BCUT2D eigenvalue weighted by Crippen LogP contribution is -2.23. The number of pyridine rings is 1. The van der Waals surface area contributed by atoms with Gasteiger partial charge >= 0.3 is 0 Å². The van der Waals surface area contributed by atoms with Crippen LogP contribution in [0.25, 0.3) is 5.57 Å². The van der Waals surface area contributed by atoms with Crippen LogP contribution in [-0.4, -0.2) is 10.1 Å². The van der Waals surface area contributed by atoms with Gasteiger partial charge in [-0.05, 0) is 23.3 Å². The van der Waals surface area contributed by atoms with E-state index in [2.05, 4.69) is 23.2 Å². The summed E-state index contributed by atoms with van der Waals surface area (Å²) in [5, 5.41) is 10.6. The van der Waals surface area contributed by atoms with Crippen LogP contribution in [0, 0.1) is 0 Å². The highest BCUT2D eigenvalue weighted by Gasteiger charge is 2.27. The van der Waals surface area contributed by atoms with Gasteiger partial charge in [0.1, 0.15) is 5.60 Å². The molecule has 0 fully saturated rings. The van der Waals surface area contributed by atoms with Crippen LogP contribution < -0.4 is 0 Å². The van der Waals surface area contributed by atoms with E-state index in [1.54, 1.807) is 12.4 Å². The molecular formula is C17H15NO. The van der Waals surface area contributed by atoms with E-state index >= 15 is 0 Å². The van der Waals surface area contributed by atoms with Gasteiger partial charge in [-0.25, -0.2) is 0 Å². The van der Waals surface area contributed by atoms with Crippen LogP contribution in [0.5, 0.6) is 0 Å². The highest BCUT2D eigenvalue weighted by molar-refractivity contribution is 5.75. The van der Waals surface area contributed by atoms with Gasteiger partial charge in [0.25, 0.3) is 0 Å². The molecule has 1 aliphatic carbocycles. The second kappa shape index (κ2) is 4.82. The fourth-order valence-corrected chi connectivity index (χ4v) is 2.31. The third-order valence-electron chi connectivity index (χ3n) is 3.44. The molecular weight excluding hydrogens is 234 g/mol. The van der Waals surface area contributed by atoms with Crippen molar-refractivity contribution >= 4 is 5.57 Å². The lowest BCUT2D eigenvalue weighted by Gasteiger charge is -2.26. The van der Waals surface area contributed by atoms with Crippen LogP contribution in [-0.2, 0) is 5.60 Å². The van der Waals surface area contributed by atoms with Crippen LogP contribution in [0.3, 0.4) is 0 Å². The van der Waals surface area contributed by atoms with Crippen LogP contribution in [0.2, 0.25) is 0 Å². The highest BCUT2D eigenvalue weighted by Crippen LogP contribution is 2.33. The Bertz CT molecular complexity index is 616. The maximum absolute atomic E-state index is 10.6. The van der Waals surface area contributed by atoms with Gasteiger partial charge in [0.15, 0.2) is 0 Å². The van der Waals surface area contributed by atoms with Crippen molar-refractivity contribution in [3.8, 4) is 0 Å². The minimum absolute atomic E-state index is 0.569. The second-order valence-corrected chi connectivity index (χ2v) is 4.73. The summed E-state index contributed by atoms with van der Waals surface area (Å²) in [6.07, 6.45) is 9.90. The minimum atomic E-state index is -0.938. The number of hydrogen-bond acceptors (Lipinski definition) is 2. The van der Waals surface area contributed by atoms with E-state index in [0.29, 0.717) is 6.42 Å². The summed E-state index contributed by atoms with van der Waals surface area (Å²) < 4.78 is 0. The molecule has 0 bridgehead atoms. The van der Waals surface area contributed by atoms with Gasteiger partial charge in [-0.1, -0.05) is 48.6 Å². The molecule has 94 valence electrons. The van der Waals surface area contributed by atoms with Gasteiger partial charge in [0.2, 0.25) is 0 Å². The number of aromatic nitrogens is 1. The van der Waals surface area contributed by atoms with E-state index in [1.165, 1.54) is 5.56 Å². The summed E-state index contributed by atoms with van der Waals surface area (Å²) in [7, 11) is 0. The standard InChI is InChI=1S/C17H15NO/c19-17(16-7-4-12-18-13-16)10-8-15(9-11-17)14-5-2-1-3-6-14/h1-10,12-13,19H,11H2. The predicted molar refractivity (Wildman–Crippen MR) is 76.3 cm³/mol. The molecule has 0 saturated heterocycles. The van der Waals surface area contributed by atoms with Gasteiger partial charge in [-0.3, -0.25) is 4.98 Å². The molecule has 0 amide bonds. The average Bonchev–Trinajstić information content (AvgIpc) is 2.50. The molecule has 2 heteroatoms. The zero-order valence-electron chi connectivity index (χ0n) is 10.5. The van der Waals surface area contributed by atoms with Crippen molar-refractivity contribution in [3.63, 3.8) is 0 Å². The Morgan fingerprint density at radius 3 is 2.53 bits per heavy atom. The monoisotopic (exact) mass is 249 g/mol. The fraction of sp³-hybridized carbons (Fsp3) is 0.118. The molecule has 0 radical (unpaired) electrons. The third kappa shape index (κ3) is 2.35. The Morgan fingerprint density at radius 1 is 1.05 bits per heavy atom. The maximum Gasteiger partial charge on any atom is 0.113 e. The topological polar surface area (TPSA) is 33.1 Å². The van der Waals surface area contributed by atoms with E-state index < -0.39 is 5.60 Å². The molecule has 0 saturated carbocycles. The van der Waals surface area contributed by atoms with Gasteiger partial charge < -0.3 is 5.11 Å². The Labute approximate surface area is 112 Å². The van der Waals surface area contributed by atoms with Gasteiger partial charge in [0.05, 0.1) is 0 Å².